The Kier molecular flexibility index (Phi) is 2.04. The Labute approximate surface area is 110 Å². The highest BCUT2D eigenvalue weighted by Crippen LogP contribution is 2.65. The van der Waals surface area contributed by atoms with E-state index in [-0.39, 0.29) is 48.5 Å². The molecule has 0 aromatic rings. The van der Waals surface area contributed by atoms with E-state index in [1.54, 1.807) is 0 Å². The molecule has 6 atom stereocenters. The molecule has 1 aliphatic heterocycles. The molecule has 19 heavy (non-hydrogen) atoms. The minimum absolute atomic E-state index is 0.0226. The fourth-order valence-electron chi connectivity index (χ4n) is 4.45. The molecule has 0 unspecified atom stereocenters. The maximum Gasteiger partial charge on any atom is 0.305 e. The first-order valence-corrected chi connectivity index (χ1v) is 6.85. The number of likely N-dealkylation sites (tertiary alicyclic amines) is 1. The summed E-state index contributed by atoms with van der Waals surface area (Å²) in [6.07, 6.45) is 5.22. The zero-order chi connectivity index (χ0) is 13.3. The summed E-state index contributed by atoms with van der Waals surface area (Å²) in [5, 5.41) is 8.71. The van der Waals surface area contributed by atoms with E-state index in [1.807, 2.05) is 0 Å². The van der Waals surface area contributed by atoms with E-state index in [1.165, 1.54) is 4.90 Å². The fraction of sp³-hybridized carbons (Fsp3) is 0.643. The van der Waals surface area contributed by atoms with Gasteiger partial charge in [-0.1, -0.05) is 12.2 Å². The van der Waals surface area contributed by atoms with Gasteiger partial charge >= 0.3 is 5.97 Å². The third-order valence-electron chi connectivity index (χ3n) is 5.30. The van der Waals surface area contributed by atoms with Crippen molar-refractivity contribution in [1.82, 2.24) is 4.90 Å². The molecule has 0 spiro atoms. The molecule has 0 radical (unpaired) electrons. The van der Waals surface area contributed by atoms with Gasteiger partial charge in [-0.25, -0.2) is 0 Å². The van der Waals surface area contributed by atoms with Gasteiger partial charge < -0.3 is 5.11 Å². The van der Waals surface area contributed by atoms with E-state index in [4.69, 9.17) is 5.11 Å². The quantitative estimate of drug-likeness (QED) is 0.593. The lowest BCUT2D eigenvalue weighted by atomic mass is 9.63. The average Bonchev–Trinajstić information content (AvgIpc) is 3.14. The maximum atomic E-state index is 12.4. The van der Waals surface area contributed by atoms with Crippen molar-refractivity contribution in [3.63, 3.8) is 0 Å². The molecule has 5 rings (SSSR count). The molecule has 1 saturated heterocycles. The number of aliphatic carboxylic acids is 1. The molecular formula is C14H15NO4. The lowest BCUT2D eigenvalue weighted by molar-refractivity contribution is -0.142. The van der Waals surface area contributed by atoms with Crippen molar-refractivity contribution in [3.05, 3.63) is 12.2 Å². The summed E-state index contributed by atoms with van der Waals surface area (Å²) in [7, 11) is 0. The van der Waals surface area contributed by atoms with Crippen LogP contribution in [0.25, 0.3) is 0 Å². The zero-order valence-electron chi connectivity index (χ0n) is 10.4. The third-order valence-corrected chi connectivity index (χ3v) is 5.30. The van der Waals surface area contributed by atoms with Gasteiger partial charge in [0, 0.05) is 6.54 Å². The molecule has 5 heteroatoms. The number of carboxylic acids is 1. The molecule has 0 aromatic heterocycles. The number of imide groups is 1. The van der Waals surface area contributed by atoms with Gasteiger partial charge in [0.2, 0.25) is 11.8 Å². The maximum absolute atomic E-state index is 12.4. The molecule has 1 N–H and O–H groups in total. The molecule has 100 valence electrons. The van der Waals surface area contributed by atoms with Crippen LogP contribution in [-0.2, 0) is 14.4 Å². The smallest absolute Gasteiger partial charge is 0.305 e. The van der Waals surface area contributed by atoms with Crippen LogP contribution in [0, 0.1) is 35.5 Å². The molecule has 1 heterocycles. The molecule has 5 nitrogen and oxygen atoms in total. The van der Waals surface area contributed by atoms with E-state index in [2.05, 4.69) is 12.2 Å². The lowest BCUT2D eigenvalue weighted by Crippen LogP contribution is -2.40. The minimum atomic E-state index is -0.973. The largest absolute Gasteiger partial charge is 0.481 e. The number of amides is 2. The van der Waals surface area contributed by atoms with Gasteiger partial charge in [-0.3, -0.25) is 19.3 Å². The van der Waals surface area contributed by atoms with Gasteiger partial charge in [0.1, 0.15) is 0 Å². The standard InChI is InChI=1S/C14H15NO4/c16-10(17)3-4-15-13(18)11-6-1-2-7(9-5-8(6)9)12(11)14(15)19/h1-2,6-9,11-12H,3-5H2,(H,16,17)/t6-,7-,8-,9-,11-,12+/m0/s1. The van der Waals surface area contributed by atoms with Gasteiger partial charge in [0.15, 0.2) is 0 Å². The number of carboxylic acid groups (broad SMARTS) is 1. The van der Waals surface area contributed by atoms with Crippen molar-refractivity contribution in [2.75, 3.05) is 6.54 Å². The first-order valence-electron chi connectivity index (χ1n) is 6.85. The van der Waals surface area contributed by atoms with Crippen LogP contribution in [0.1, 0.15) is 12.8 Å². The van der Waals surface area contributed by atoms with Crippen LogP contribution < -0.4 is 0 Å². The first kappa shape index (κ1) is 11.2. The summed E-state index contributed by atoms with van der Waals surface area (Å²) >= 11 is 0. The van der Waals surface area contributed by atoms with Crippen molar-refractivity contribution < 1.29 is 19.5 Å². The molecule has 4 aliphatic carbocycles. The predicted octanol–water partition coefficient (Wildman–Crippen LogP) is 0.514. The molecule has 2 bridgehead atoms. The Morgan fingerprint density at radius 1 is 1.16 bits per heavy atom. The normalized spacial score (nSPS) is 45.4. The number of nitrogens with zero attached hydrogens (tertiary/aromatic N) is 1. The molecule has 5 aliphatic rings. The Balaban J connectivity index is 1.63. The Morgan fingerprint density at radius 2 is 1.68 bits per heavy atom. The second kappa shape index (κ2) is 3.46. The van der Waals surface area contributed by atoms with Gasteiger partial charge in [0.05, 0.1) is 18.3 Å². The summed E-state index contributed by atoms with van der Waals surface area (Å²) in [5.41, 5.74) is 0. The van der Waals surface area contributed by atoms with Crippen molar-refractivity contribution in [3.8, 4) is 0 Å². The van der Waals surface area contributed by atoms with Crippen molar-refractivity contribution in [1.29, 1.82) is 0 Å². The molecule has 2 amide bonds. The Hall–Kier alpha value is -1.65. The van der Waals surface area contributed by atoms with Gasteiger partial charge in [-0.2, -0.15) is 0 Å². The van der Waals surface area contributed by atoms with Gasteiger partial charge in [-0.05, 0) is 30.1 Å². The van der Waals surface area contributed by atoms with Crippen molar-refractivity contribution in [2.24, 2.45) is 35.5 Å². The Bertz CT molecular complexity index is 490. The summed E-state index contributed by atoms with van der Waals surface area (Å²) in [5.74, 6) is -0.0567. The Morgan fingerprint density at radius 3 is 2.16 bits per heavy atom. The summed E-state index contributed by atoms with van der Waals surface area (Å²) in [6.45, 7) is 0.0226. The van der Waals surface area contributed by atoms with E-state index >= 15 is 0 Å². The molecule has 2 saturated carbocycles. The van der Waals surface area contributed by atoms with Crippen molar-refractivity contribution in [2.45, 2.75) is 12.8 Å². The number of rotatable bonds is 3. The van der Waals surface area contributed by atoms with Crippen LogP contribution in [0.5, 0.6) is 0 Å². The molecule has 0 aromatic carbocycles. The summed E-state index contributed by atoms with van der Waals surface area (Å²) in [6, 6.07) is 0. The number of carbonyl (C=O) groups is 3. The lowest BCUT2D eigenvalue weighted by Gasteiger charge is -2.37. The molecule has 3 fully saturated rings. The van der Waals surface area contributed by atoms with Crippen LogP contribution in [-0.4, -0.2) is 34.3 Å². The van der Waals surface area contributed by atoms with Crippen LogP contribution in [0.3, 0.4) is 0 Å². The number of hydrogen-bond acceptors (Lipinski definition) is 3. The topological polar surface area (TPSA) is 74.7 Å². The number of carbonyl (C=O) groups excluding carboxylic acids is 2. The summed E-state index contributed by atoms with van der Waals surface area (Å²) < 4.78 is 0. The minimum Gasteiger partial charge on any atom is -0.481 e. The van der Waals surface area contributed by atoms with Crippen LogP contribution in [0.15, 0.2) is 12.2 Å². The third kappa shape index (κ3) is 1.33. The van der Waals surface area contributed by atoms with Gasteiger partial charge in [0.25, 0.3) is 0 Å². The van der Waals surface area contributed by atoms with Crippen LogP contribution >= 0.6 is 0 Å². The number of allylic oxidation sites excluding steroid dienone is 2. The van der Waals surface area contributed by atoms with Gasteiger partial charge in [-0.15, -0.1) is 0 Å². The van der Waals surface area contributed by atoms with E-state index in [9.17, 15) is 14.4 Å². The monoisotopic (exact) mass is 261 g/mol. The average molecular weight is 261 g/mol. The predicted molar refractivity (Wildman–Crippen MR) is 63.7 cm³/mol. The fourth-order valence-corrected chi connectivity index (χ4v) is 4.45. The second-order valence-corrected chi connectivity index (χ2v) is 6.13. The second-order valence-electron chi connectivity index (χ2n) is 6.13. The van der Waals surface area contributed by atoms with Crippen molar-refractivity contribution >= 4 is 17.8 Å². The zero-order valence-corrected chi connectivity index (χ0v) is 10.4. The van der Waals surface area contributed by atoms with E-state index < -0.39 is 5.97 Å². The highest BCUT2D eigenvalue weighted by atomic mass is 16.4. The highest BCUT2D eigenvalue weighted by molar-refractivity contribution is 6.06. The summed E-state index contributed by atoms with van der Waals surface area (Å²) in [4.78, 5) is 36.6. The van der Waals surface area contributed by atoms with Crippen LogP contribution in [0.2, 0.25) is 0 Å². The van der Waals surface area contributed by atoms with E-state index in [0.717, 1.165) is 6.42 Å². The highest BCUT2D eigenvalue weighted by Gasteiger charge is 2.66. The SMILES string of the molecule is O=C(O)CCN1C(=O)[C@@H]2[C@H]3C=C[C@@H]([C@@H]4C[C@@H]34)[C@@H]2C1=O. The number of hydrogen-bond donors (Lipinski definition) is 1. The first-order chi connectivity index (χ1) is 9.09. The van der Waals surface area contributed by atoms with Crippen LogP contribution in [0.4, 0.5) is 0 Å². The van der Waals surface area contributed by atoms with E-state index in [0.29, 0.717) is 11.8 Å². The molecular weight excluding hydrogens is 246 g/mol.